The minimum atomic E-state index is 0.192. The topological polar surface area (TPSA) is 12.4 Å². The van der Waals surface area contributed by atoms with E-state index in [0.29, 0.717) is 5.92 Å². The Labute approximate surface area is 89.3 Å². The van der Waals surface area contributed by atoms with E-state index in [-0.39, 0.29) is 5.41 Å². The summed E-state index contributed by atoms with van der Waals surface area (Å²) in [4.78, 5) is 4.76. The van der Waals surface area contributed by atoms with Crippen molar-refractivity contribution in [2.75, 3.05) is 0 Å². The van der Waals surface area contributed by atoms with E-state index in [1.165, 1.54) is 11.4 Å². The van der Waals surface area contributed by atoms with E-state index in [1.807, 2.05) is 0 Å². The molecule has 0 N–H and O–H groups in total. The minimum Gasteiger partial charge on any atom is -0.262 e. The van der Waals surface area contributed by atoms with Crippen molar-refractivity contribution < 1.29 is 0 Å². The summed E-state index contributed by atoms with van der Waals surface area (Å²) in [5.41, 5.74) is 2.69. The van der Waals surface area contributed by atoms with E-state index < -0.39 is 0 Å². The molecule has 0 bridgehead atoms. The van der Waals surface area contributed by atoms with Crippen molar-refractivity contribution in [1.29, 1.82) is 0 Å². The van der Waals surface area contributed by atoms with E-state index in [9.17, 15) is 0 Å². The Morgan fingerprint density at radius 3 is 2.00 bits per heavy atom. The second-order valence-corrected chi connectivity index (χ2v) is 5.03. The third-order valence-electron chi connectivity index (χ3n) is 2.35. The van der Waals surface area contributed by atoms with Crippen LogP contribution in [0.1, 0.15) is 54.9 Å². The highest BCUT2D eigenvalue weighted by atomic mass is 14.8. The molecule has 0 heterocycles. The van der Waals surface area contributed by atoms with Gasteiger partial charge in [0, 0.05) is 16.8 Å². The fourth-order valence-electron chi connectivity index (χ4n) is 1.46. The Morgan fingerprint density at radius 2 is 1.79 bits per heavy atom. The molecule has 0 aliphatic heterocycles. The summed E-state index contributed by atoms with van der Waals surface area (Å²) in [6.45, 7) is 15.3. The fourth-order valence-corrected chi connectivity index (χ4v) is 1.46. The molecule has 0 unspecified atom stereocenters. The van der Waals surface area contributed by atoms with Crippen LogP contribution >= 0.6 is 0 Å². The molecular weight excluding hydrogens is 170 g/mol. The highest BCUT2D eigenvalue weighted by molar-refractivity contribution is 5.89. The summed E-state index contributed by atoms with van der Waals surface area (Å²) in [5.74, 6) is 0.517. The van der Waals surface area contributed by atoms with Gasteiger partial charge < -0.3 is 0 Å². The molecule has 0 atom stereocenters. The van der Waals surface area contributed by atoms with Crippen molar-refractivity contribution in [2.24, 2.45) is 16.3 Å². The smallest absolute Gasteiger partial charge is 0.0386 e. The van der Waals surface area contributed by atoms with Crippen LogP contribution in [-0.4, -0.2) is 5.71 Å². The van der Waals surface area contributed by atoms with Gasteiger partial charge >= 0.3 is 0 Å². The normalized spacial score (nSPS) is 15.1. The van der Waals surface area contributed by atoms with Gasteiger partial charge in [0.2, 0.25) is 0 Å². The maximum absolute atomic E-state index is 4.76. The third-order valence-corrected chi connectivity index (χ3v) is 2.35. The molecule has 1 heteroatoms. The molecule has 0 saturated carbocycles. The molecule has 0 radical (unpaired) electrons. The molecule has 0 rings (SSSR count). The first-order chi connectivity index (χ1) is 6.32. The fraction of sp³-hybridized carbons (Fsp3) is 0.769. The summed E-state index contributed by atoms with van der Waals surface area (Å²) in [5, 5.41) is 0. The van der Waals surface area contributed by atoms with Gasteiger partial charge in [-0.25, -0.2) is 0 Å². The van der Waals surface area contributed by atoms with Gasteiger partial charge in [0.1, 0.15) is 0 Å². The Bertz CT molecular complexity index is 226. The predicted molar refractivity (Wildman–Crippen MR) is 65.8 cm³/mol. The lowest BCUT2D eigenvalue weighted by molar-refractivity contribution is 0.576. The number of rotatable bonds is 3. The van der Waals surface area contributed by atoms with Gasteiger partial charge in [-0.3, -0.25) is 4.99 Å². The van der Waals surface area contributed by atoms with E-state index in [0.717, 1.165) is 6.42 Å². The van der Waals surface area contributed by atoms with Gasteiger partial charge in [-0.15, -0.1) is 0 Å². The lowest BCUT2D eigenvalue weighted by atomic mass is 9.88. The molecular formula is C13H25N. The quantitative estimate of drug-likeness (QED) is 0.590. The number of allylic oxidation sites excluding steroid dienone is 2. The maximum Gasteiger partial charge on any atom is 0.0386 e. The zero-order valence-corrected chi connectivity index (χ0v) is 10.8. The summed E-state index contributed by atoms with van der Waals surface area (Å²) in [6, 6.07) is 0. The standard InChI is InChI=1S/C13H25N/c1-8-11(10(3)4)14-12(9-2)13(5,6)7/h8,10H,9H2,1-7H3/b11-8-,14-12?. The number of hydrogen-bond acceptors (Lipinski definition) is 1. The summed E-state index contributed by atoms with van der Waals surface area (Å²) in [6.07, 6.45) is 3.15. The summed E-state index contributed by atoms with van der Waals surface area (Å²) >= 11 is 0. The van der Waals surface area contributed by atoms with Gasteiger partial charge in [0.05, 0.1) is 0 Å². The minimum absolute atomic E-state index is 0.192. The van der Waals surface area contributed by atoms with Crippen LogP contribution in [0, 0.1) is 11.3 Å². The molecule has 14 heavy (non-hydrogen) atoms. The van der Waals surface area contributed by atoms with Crippen LogP contribution in [0.25, 0.3) is 0 Å². The molecule has 0 spiro atoms. The SMILES string of the molecule is C/C=C(\N=C(CC)C(C)(C)C)C(C)C. The summed E-state index contributed by atoms with van der Waals surface area (Å²) in [7, 11) is 0. The Kier molecular flexibility index (Phi) is 5.11. The molecule has 0 aliphatic carbocycles. The van der Waals surface area contributed by atoms with Crippen molar-refractivity contribution in [3.05, 3.63) is 11.8 Å². The molecule has 82 valence electrons. The average molecular weight is 195 g/mol. The van der Waals surface area contributed by atoms with E-state index in [1.54, 1.807) is 0 Å². The van der Waals surface area contributed by atoms with Crippen molar-refractivity contribution in [1.82, 2.24) is 0 Å². The van der Waals surface area contributed by atoms with Crippen LogP contribution in [0.2, 0.25) is 0 Å². The van der Waals surface area contributed by atoms with Gasteiger partial charge in [-0.05, 0) is 19.3 Å². The van der Waals surface area contributed by atoms with E-state index in [2.05, 4.69) is 54.5 Å². The molecule has 0 aliphatic rings. The number of nitrogens with zero attached hydrogens (tertiary/aromatic N) is 1. The number of hydrogen-bond donors (Lipinski definition) is 0. The van der Waals surface area contributed by atoms with E-state index in [4.69, 9.17) is 4.99 Å². The second-order valence-electron chi connectivity index (χ2n) is 5.03. The van der Waals surface area contributed by atoms with Crippen LogP contribution < -0.4 is 0 Å². The van der Waals surface area contributed by atoms with Gasteiger partial charge in [-0.1, -0.05) is 47.6 Å². The molecule has 0 aromatic carbocycles. The predicted octanol–water partition coefficient (Wildman–Crippen LogP) is 4.44. The third kappa shape index (κ3) is 4.08. The van der Waals surface area contributed by atoms with Crippen LogP contribution in [0.3, 0.4) is 0 Å². The highest BCUT2D eigenvalue weighted by Crippen LogP contribution is 2.22. The van der Waals surface area contributed by atoms with Crippen LogP contribution in [-0.2, 0) is 0 Å². The Balaban J connectivity index is 4.93. The molecule has 0 fully saturated rings. The maximum atomic E-state index is 4.76. The van der Waals surface area contributed by atoms with E-state index >= 15 is 0 Å². The Morgan fingerprint density at radius 1 is 1.29 bits per heavy atom. The average Bonchev–Trinajstić information content (AvgIpc) is 2.03. The first-order valence-electron chi connectivity index (χ1n) is 5.57. The second kappa shape index (κ2) is 5.33. The van der Waals surface area contributed by atoms with Crippen molar-refractivity contribution in [3.8, 4) is 0 Å². The van der Waals surface area contributed by atoms with Crippen molar-refractivity contribution >= 4 is 5.71 Å². The molecule has 0 saturated heterocycles. The molecule has 0 aromatic rings. The van der Waals surface area contributed by atoms with Crippen molar-refractivity contribution in [2.45, 2.75) is 54.9 Å². The largest absolute Gasteiger partial charge is 0.262 e. The van der Waals surface area contributed by atoms with Crippen molar-refractivity contribution in [3.63, 3.8) is 0 Å². The van der Waals surface area contributed by atoms with Gasteiger partial charge in [0.25, 0.3) is 0 Å². The Hall–Kier alpha value is -0.590. The number of aliphatic imine (C=N–C) groups is 1. The van der Waals surface area contributed by atoms with Crippen LogP contribution in [0.15, 0.2) is 16.8 Å². The first-order valence-corrected chi connectivity index (χ1v) is 5.57. The lowest BCUT2D eigenvalue weighted by Crippen LogP contribution is -2.20. The lowest BCUT2D eigenvalue weighted by Gasteiger charge is -2.21. The molecule has 1 nitrogen and oxygen atoms in total. The zero-order valence-electron chi connectivity index (χ0n) is 10.8. The van der Waals surface area contributed by atoms with Crippen LogP contribution in [0.5, 0.6) is 0 Å². The van der Waals surface area contributed by atoms with Gasteiger partial charge in [-0.2, -0.15) is 0 Å². The van der Waals surface area contributed by atoms with Crippen LogP contribution in [0.4, 0.5) is 0 Å². The summed E-state index contributed by atoms with van der Waals surface area (Å²) < 4.78 is 0. The molecule has 0 aromatic heterocycles. The first kappa shape index (κ1) is 13.4. The molecule has 0 amide bonds. The van der Waals surface area contributed by atoms with Gasteiger partial charge in [0.15, 0.2) is 0 Å². The highest BCUT2D eigenvalue weighted by Gasteiger charge is 2.17. The monoisotopic (exact) mass is 195 g/mol. The zero-order chi connectivity index (χ0) is 11.4.